The number of aromatic nitrogens is 3. The van der Waals surface area contributed by atoms with E-state index in [-0.39, 0.29) is 6.42 Å². The SMILES string of the molecule is O=C1CC(c2ccc(CC(Cc3ccc(-c4ccccc4)cc3)(c3ccccc3)n3nnc4ccccc43)cc2)S(=O)(=O)N1. The van der Waals surface area contributed by atoms with Crippen molar-refractivity contribution in [2.75, 3.05) is 0 Å². The van der Waals surface area contributed by atoms with E-state index in [1.807, 2.05) is 89.6 Å². The van der Waals surface area contributed by atoms with E-state index in [4.69, 9.17) is 5.21 Å². The van der Waals surface area contributed by atoms with Crippen LogP contribution in [0.1, 0.15) is 33.9 Å². The first-order chi connectivity index (χ1) is 21.4. The van der Waals surface area contributed by atoms with Crippen LogP contribution in [0.15, 0.2) is 133 Å². The molecule has 1 amide bonds. The van der Waals surface area contributed by atoms with Gasteiger partial charge in [0, 0.05) is 12.8 Å². The summed E-state index contributed by atoms with van der Waals surface area (Å²) >= 11 is 0. The summed E-state index contributed by atoms with van der Waals surface area (Å²) in [6.45, 7) is 0. The number of carbonyl (C=O) groups excluding carboxylic acids is 1. The van der Waals surface area contributed by atoms with Gasteiger partial charge in [-0.2, -0.15) is 0 Å². The average molecular weight is 599 g/mol. The fraction of sp³-hybridized carbons (Fsp3) is 0.139. The fourth-order valence-electron chi connectivity index (χ4n) is 6.29. The van der Waals surface area contributed by atoms with Crippen LogP contribution in [0.4, 0.5) is 0 Å². The Bertz CT molecular complexity index is 2040. The van der Waals surface area contributed by atoms with E-state index in [0.29, 0.717) is 18.4 Å². The third-order valence-electron chi connectivity index (χ3n) is 8.48. The summed E-state index contributed by atoms with van der Waals surface area (Å²) in [5, 5.41) is 8.41. The molecule has 0 saturated carbocycles. The zero-order valence-electron chi connectivity index (χ0n) is 23.9. The van der Waals surface area contributed by atoms with Crippen LogP contribution in [0, 0.1) is 0 Å². The highest BCUT2D eigenvalue weighted by molar-refractivity contribution is 7.90. The number of hydrogen-bond donors (Lipinski definition) is 1. The number of para-hydroxylation sites is 1. The van der Waals surface area contributed by atoms with Crippen molar-refractivity contribution in [3.8, 4) is 11.1 Å². The fourth-order valence-corrected chi connectivity index (χ4v) is 7.72. The molecule has 0 aliphatic carbocycles. The second kappa shape index (κ2) is 11.2. The van der Waals surface area contributed by atoms with Crippen LogP contribution >= 0.6 is 0 Å². The van der Waals surface area contributed by atoms with Crippen molar-refractivity contribution in [2.45, 2.75) is 30.1 Å². The molecular weight excluding hydrogens is 568 g/mol. The zero-order valence-corrected chi connectivity index (χ0v) is 24.7. The quantitative estimate of drug-likeness (QED) is 0.225. The maximum Gasteiger partial charge on any atom is 0.242 e. The topological polar surface area (TPSA) is 93.9 Å². The van der Waals surface area contributed by atoms with Crippen molar-refractivity contribution in [3.05, 3.63) is 156 Å². The molecule has 1 aliphatic heterocycles. The number of fused-ring (bicyclic) bond motifs is 1. The van der Waals surface area contributed by atoms with E-state index in [0.717, 1.165) is 38.9 Å². The minimum absolute atomic E-state index is 0.0699. The molecule has 7 rings (SSSR count). The molecule has 5 aromatic carbocycles. The maximum atomic E-state index is 12.5. The van der Waals surface area contributed by atoms with Crippen LogP contribution in [-0.2, 0) is 33.2 Å². The highest BCUT2D eigenvalue weighted by atomic mass is 32.2. The van der Waals surface area contributed by atoms with Crippen molar-refractivity contribution < 1.29 is 13.2 Å². The van der Waals surface area contributed by atoms with Gasteiger partial charge in [0.1, 0.15) is 10.8 Å². The number of nitrogens with zero attached hydrogens (tertiary/aromatic N) is 3. The minimum atomic E-state index is -3.73. The Balaban J connectivity index is 1.34. The van der Waals surface area contributed by atoms with Gasteiger partial charge in [0.15, 0.2) is 0 Å². The van der Waals surface area contributed by atoms with Gasteiger partial charge in [-0.1, -0.05) is 127 Å². The molecule has 1 saturated heterocycles. The standard InChI is InChI=1S/C36H30N4O3S/c41-35-23-34(44(42,43)38-35)30-21-17-27(18-22-30)25-36(31-11-5-2-6-12-31,40-33-14-8-7-13-32(33)37-39-40)24-26-15-19-29(20-16-26)28-9-3-1-4-10-28/h1-22,34H,23-25H2,(H,38,41). The van der Waals surface area contributed by atoms with Crippen LogP contribution in [-0.4, -0.2) is 29.3 Å². The summed E-state index contributed by atoms with van der Waals surface area (Å²) < 4.78 is 29.2. The molecule has 8 heteroatoms. The third-order valence-corrected chi connectivity index (χ3v) is 10.2. The smallest absolute Gasteiger partial charge is 0.242 e. The molecule has 1 N–H and O–H groups in total. The second-order valence-corrected chi connectivity index (χ2v) is 13.2. The van der Waals surface area contributed by atoms with Crippen LogP contribution in [0.25, 0.3) is 22.2 Å². The monoisotopic (exact) mass is 598 g/mol. The van der Waals surface area contributed by atoms with E-state index in [2.05, 4.69) is 58.4 Å². The van der Waals surface area contributed by atoms with E-state index in [1.165, 1.54) is 0 Å². The lowest BCUT2D eigenvalue weighted by atomic mass is 9.78. The summed E-state index contributed by atoms with van der Waals surface area (Å²) in [7, 11) is -3.73. The molecule has 0 radical (unpaired) electrons. The predicted molar refractivity (Wildman–Crippen MR) is 171 cm³/mol. The molecule has 2 unspecified atom stereocenters. The Kier molecular flexibility index (Phi) is 7.06. The van der Waals surface area contributed by atoms with Gasteiger partial charge in [-0.3, -0.25) is 9.52 Å². The highest BCUT2D eigenvalue weighted by Crippen LogP contribution is 2.37. The number of nitrogens with one attached hydrogen (secondary N) is 1. The van der Waals surface area contributed by atoms with Crippen molar-refractivity contribution in [1.29, 1.82) is 0 Å². The van der Waals surface area contributed by atoms with Crippen molar-refractivity contribution in [2.24, 2.45) is 0 Å². The van der Waals surface area contributed by atoms with Crippen LogP contribution in [0.3, 0.4) is 0 Å². The Morgan fingerprint density at radius 2 is 1.27 bits per heavy atom. The van der Waals surface area contributed by atoms with Crippen molar-refractivity contribution >= 4 is 27.0 Å². The molecule has 0 bridgehead atoms. The minimum Gasteiger partial charge on any atom is -0.274 e. The van der Waals surface area contributed by atoms with Gasteiger partial charge < -0.3 is 0 Å². The van der Waals surface area contributed by atoms with Gasteiger partial charge in [-0.25, -0.2) is 13.1 Å². The summed E-state index contributed by atoms with van der Waals surface area (Å²) in [5.74, 6) is -0.474. The zero-order chi connectivity index (χ0) is 30.1. The number of benzene rings is 5. The molecule has 2 atom stereocenters. The summed E-state index contributed by atoms with van der Waals surface area (Å²) in [5.41, 5.74) is 7.22. The maximum absolute atomic E-state index is 12.5. The molecule has 6 aromatic rings. The van der Waals surface area contributed by atoms with Gasteiger partial charge in [0.25, 0.3) is 0 Å². The lowest BCUT2D eigenvalue weighted by Gasteiger charge is -2.36. The number of carbonyl (C=O) groups is 1. The lowest BCUT2D eigenvalue weighted by molar-refractivity contribution is -0.118. The number of amides is 1. The molecule has 1 aromatic heterocycles. The number of sulfonamides is 1. The summed E-state index contributed by atoms with van der Waals surface area (Å²) in [4.78, 5) is 11.9. The Hall–Kier alpha value is -5.08. The first-order valence-corrected chi connectivity index (χ1v) is 16.1. The second-order valence-electron chi connectivity index (χ2n) is 11.3. The predicted octanol–water partition coefficient (Wildman–Crippen LogP) is 6.22. The van der Waals surface area contributed by atoms with Gasteiger partial charge in [-0.15, -0.1) is 5.10 Å². The van der Waals surface area contributed by atoms with Gasteiger partial charge in [-0.05, 0) is 45.5 Å². The van der Waals surface area contributed by atoms with E-state index < -0.39 is 26.7 Å². The van der Waals surface area contributed by atoms with Crippen molar-refractivity contribution in [1.82, 2.24) is 19.7 Å². The normalized spacial score (nSPS) is 17.3. The molecule has 0 spiro atoms. The Labute approximate surface area is 256 Å². The first kappa shape index (κ1) is 27.7. The molecule has 2 heterocycles. The first-order valence-electron chi connectivity index (χ1n) is 14.6. The van der Waals surface area contributed by atoms with E-state index in [9.17, 15) is 13.2 Å². The van der Waals surface area contributed by atoms with Gasteiger partial charge in [0.05, 0.1) is 17.5 Å². The van der Waals surface area contributed by atoms with Crippen LogP contribution in [0.2, 0.25) is 0 Å². The lowest BCUT2D eigenvalue weighted by Crippen LogP contribution is -2.40. The largest absolute Gasteiger partial charge is 0.274 e. The molecule has 7 nitrogen and oxygen atoms in total. The molecule has 44 heavy (non-hydrogen) atoms. The van der Waals surface area contributed by atoms with E-state index >= 15 is 0 Å². The van der Waals surface area contributed by atoms with Gasteiger partial charge >= 0.3 is 0 Å². The van der Waals surface area contributed by atoms with Crippen molar-refractivity contribution in [3.63, 3.8) is 0 Å². The van der Waals surface area contributed by atoms with E-state index in [1.54, 1.807) is 0 Å². The molecule has 218 valence electrons. The summed E-state index contributed by atoms with van der Waals surface area (Å²) in [6.07, 6.45) is 1.13. The number of rotatable bonds is 8. The third kappa shape index (κ3) is 5.18. The van der Waals surface area contributed by atoms with Crippen LogP contribution in [0.5, 0.6) is 0 Å². The molecular formula is C36H30N4O3S. The average Bonchev–Trinajstić information content (AvgIpc) is 3.61. The number of hydrogen-bond acceptors (Lipinski definition) is 5. The van der Waals surface area contributed by atoms with Gasteiger partial charge in [0.2, 0.25) is 15.9 Å². The Morgan fingerprint density at radius 1 is 0.705 bits per heavy atom. The molecule has 1 aliphatic rings. The Morgan fingerprint density at radius 3 is 1.91 bits per heavy atom. The van der Waals surface area contributed by atoms with Crippen LogP contribution < -0.4 is 4.72 Å². The highest BCUT2D eigenvalue weighted by Gasteiger charge is 2.39. The molecule has 1 fully saturated rings. The summed E-state index contributed by atoms with van der Waals surface area (Å²) in [6, 6.07) is 44.9.